The summed E-state index contributed by atoms with van der Waals surface area (Å²) in [6.07, 6.45) is 1.03. The van der Waals surface area contributed by atoms with Crippen molar-refractivity contribution in [3.8, 4) is 0 Å². The first-order chi connectivity index (χ1) is 10.2. The van der Waals surface area contributed by atoms with E-state index in [1.807, 2.05) is 29.5 Å². The van der Waals surface area contributed by atoms with E-state index in [1.165, 1.54) is 4.88 Å². The van der Waals surface area contributed by atoms with Crippen molar-refractivity contribution in [1.29, 1.82) is 0 Å². The minimum Gasteiger partial charge on any atom is -0.337 e. The van der Waals surface area contributed by atoms with Crippen LogP contribution in [0.15, 0.2) is 23.0 Å². The van der Waals surface area contributed by atoms with E-state index >= 15 is 0 Å². The Balaban J connectivity index is 1.59. The Kier molecular flexibility index (Phi) is 4.67. The molecular formula is C15H19N3OS2. The van der Waals surface area contributed by atoms with E-state index in [1.54, 1.807) is 22.7 Å². The van der Waals surface area contributed by atoms with Crippen LogP contribution in [0.4, 0.5) is 0 Å². The molecule has 2 aromatic rings. The third-order valence-electron chi connectivity index (χ3n) is 3.70. The molecule has 21 heavy (non-hydrogen) atoms. The highest BCUT2D eigenvalue weighted by atomic mass is 32.1. The number of carbonyl (C=O) groups excluding carboxylic acids is 1. The van der Waals surface area contributed by atoms with Gasteiger partial charge in [0.1, 0.15) is 0 Å². The van der Waals surface area contributed by atoms with Gasteiger partial charge in [-0.05, 0) is 25.5 Å². The molecule has 0 radical (unpaired) electrons. The van der Waals surface area contributed by atoms with Crippen LogP contribution < -0.4 is 0 Å². The first-order valence-electron chi connectivity index (χ1n) is 7.17. The van der Waals surface area contributed by atoms with Crippen molar-refractivity contribution in [1.82, 2.24) is 14.8 Å². The Morgan fingerprint density at radius 1 is 1.29 bits per heavy atom. The highest BCUT2D eigenvalue weighted by Crippen LogP contribution is 2.18. The van der Waals surface area contributed by atoms with Gasteiger partial charge in [0.2, 0.25) is 0 Å². The van der Waals surface area contributed by atoms with Gasteiger partial charge in [-0.3, -0.25) is 9.69 Å². The Labute approximate surface area is 133 Å². The van der Waals surface area contributed by atoms with Gasteiger partial charge in [-0.15, -0.1) is 22.7 Å². The molecule has 0 unspecified atom stereocenters. The Morgan fingerprint density at radius 2 is 2.19 bits per heavy atom. The molecule has 0 atom stereocenters. The smallest absolute Gasteiger partial charge is 0.263 e. The van der Waals surface area contributed by atoms with Gasteiger partial charge in [0.25, 0.3) is 5.91 Å². The van der Waals surface area contributed by atoms with Gasteiger partial charge in [-0.25, -0.2) is 4.98 Å². The number of amides is 1. The lowest BCUT2D eigenvalue weighted by Crippen LogP contribution is -2.34. The van der Waals surface area contributed by atoms with Crippen molar-refractivity contribution in [3.05, 3.63) is 38.5 Å². The molecule has 1 aliphatic rings. The van der Waals surface area contributed by atoms with Crippen molar-refractivity contribution in [2.45, 2.75) is 19.9 Å². The molecule has 3 heterocycles. The minimum atomic E-state index is 0.184. The third-order valence-corrected chi connectivity index (χ3v) is 5.32. The number of thiazole rings is 1. The van der Waals surface area contributed by atoms with Crippen molar-refractivity contribution in [2.24, 2.45) is 0 Å². The Bertz CT molecular complexity index is 594. The number of thiophene rings is 1. The van der Waals surface area contributed by atoms with Gasteiger partial charge in [0.15, 0.2) is 0 Å². The second-order valence-electron chi connectivity index (χ2n) is 5.31. The van der Waals surface area contributed by atoms with Gasteiger partial charge >= 0.3 is 0 Å². The van der Waals surface area contributed by atoms with Crippen LogP contribution in [0.5, 0.6) is 0 Å². The molecule has 1 amide bonds. The highest BCUT2D eigenvalue weighted by molar-refractivity contribution is 7.13. The fraction of sp³-hybridized carbons (Fsp3) is 0.467. The molecule has 1 fully saturated rings. The Hall–Kier alpha value is -1.24. The molecule has 0 aliphatic carbocycles. The van der Waals surface area contributed by atoms with Gasteiger partial charge in [-0.2, -0.15) is 0 Å². The predicted octanol–water partition coefficient (Wildman–Crippen LogP) is 2.86. The summed E-state index contributed by atoms with van der Waals surface area (Å²) < 4.78 is 0. The topological polar surface area (TPSA) is 36.4 Å². The molecular weight excluding hydrogens is 302 g/mol. The summed E-state index contributed by atoms with van der Waals surface area (Å²) in [5.41, 5.74) is 3.01. The lowest BCUT2D eigenvalue weighted by atomic mass is 10.3. The fourth-order valence-corrected chi connectivity index (χ4v) is 3.97. The van der Waals surface area contributed by atoms with Crippen LogP contribution in [-0.2, 0) is 6.54 Å². The molecule has 0 spiro atoms. The molecule has 0 aromatic carbocycles. The molecule has 112 valence electrons. The quantitative estimate of drug-likeness (QED) is 0.872. The summed E-state index contributed by atoms with van der Waals surface area (Å²) in [6.45, 7) is 6.55. The largest absolute Gasteiger partial charge is 0.337 e. The molecule has 0 N–H and O–H groups in total. The summed E-state index contributed by atoms with van der Waals surface area (Å²) >= 11 is 3.22. The monoisotopic (exact) mass is 321 g/mol. The van der Waals surface area contributed by atoms with Gasteiger partial charge in [0.05, 0.1) is 16.1 Å². The van der Waals surface area contributed by atoms with E-state index in [4.69, 9.17) is 0 Å². The average Bonchev–Trinajstić information content (AvgIpc) is 3.07. The van der Waals surface area contributed by atoms with E-state index in [-0.39, 0.29) is 5.91 Å². The molecule has 4 nitrogen and oxygen atoms in total. The second kappa shape index (κ2) is 6.68. The summed E-state index contributed by atoms with van der Waals surface area (Å²) in [5, 5.41) is 2.10. The number of nitrogens with zero attached hydrogens (tertiary/aromatic N) is 3. The zero-order chi connectivity index (χ0) is 14.7. The number of carbonyl (C=O) groups is 1. The van der Waals surface area contributed by atoms with Crippen LogP contribution in [-0.4, -0.2) is 46.9 Å². The van der Waals surface area contributed by atoms with Crippen LogP contribution in [0.3, 0.4) is 0 Å². The summed E-state index contributed by atoms with van der Waals surface area (Å²) in [4.78, 5) is 23.3. The van der Waals surface area contributed by atoms with E-state index in [9.17, 15) is 4.79 Å². The fourth-order valence-electron chi connectivity index (χ4n) is 2.58. The van der Waals surface area contributed by atoms with Crippen LogP contribution in [0.25, 0.3) is 0 Å². The maximum absolute atomic E-state index is 12.5. The molecule has 3 rings (SSSR count). The van der Waals surface area contributed by atoms with Crippen molar-refractivity contribution in [2.75, 3.05) is 26.2 Å². The number of aromatic nitrogens is 1. The van der Waals surface area contributed by atoms with Crippen LogP contribution in [0.1, 0.15) is 26.7 Å². The third kappa shape index (κ3) is 3.70. The SMILES string of the molecule is Cc1ccc(C(=O)N2CCCN(Cc3cscn3)CC2)s1. The normalized spacial score (nSPS) is 16.9. The Morgan fingerprint density at radius 3 is 2.90 bits per heavy atom. The average molecular weight is 321 g/mol. The van der Waals surface area contributed by atoms with Crippen molar-refractivity contribution < 1.29 is 4.79 Å². The standard InChI is InChI=1S/C15H19N3OS2/c1-12-3-4-14(21-12)15(19)18-6-2-5-17(7-8-18)9-13-10-20-11-16-13/h3-4,10-11H,2,5-9H2,1H3. The first kappa shape index (κ1) is 14.7. The van der Waals surface area contributed by atoms with E-state index < -0.39 is 0 Å². The maximum atomic E-state index is 12.5. The van der Waals surface area contributed by atoms with Gasteiger partial charge < -0.3 is 4.90 Å². The number of hydrogen-bond acceptors (Lipinski definition) is 5. The van der Waals surface area contributed by atoms with Crippen molar-refractivity contribution >= 4 is 28.6 Å². The van der Waals surface area contributed by atoms with E-state index in [2.05, 4.69) is 15.3 Å². The van der Waals surface area contributed by atoms with E-state index in [0.29, 0.717) is 0 Å². The number of rotatable bonds is 3. The van der Waals surface area contributed by atoms with Gasteiger partial charge in [0, 0.05) is 43.0 Å². The van der Waals surface area contributed by atoms with Crippen LogP contribution >= 0.6 is 22.7 Å². The number of hydrogen-bond donors (Lipinski definition) is 0. The van der Waals surface area contributed by atoms with Crippen LogP contribution in [0.2, 0.25) is 0 Å². The van der Waals surface area contributed by atoms with Crippen LogP contribution in [0, 0.1) is 6.92 Å². The maximum Gasteiger partial charge on any atom is 0.263 e. The summed E-state index contributed by atoms with van der Waals surface area (Å²) in [7, 11) is 0. The predicted molar refractivity (Wildman–Crippen MR) is 87.0 cm³/mol. The molecule has 6 heteroatoms. The zero-order valence-electron chi connectivity index (χ0n) is 12.1. The minimum absolute atomic E-state index is 0.184. The highest BCUT2D eigenvalue weighted by Gasteiger charge is 2.21. The lowest BCUT2D eigenvalue weighted by Gasteiger charge is -2.21. The molecule has 1 saturated heterocycles. The molecule has 2 aromatic heterocycles. The summed E-state index contributed by atoms with van der Waals surface area (Å²) in [5.74, 6) is 0.184. The second-order valence-corrected chi connectivity index (χ2v) is 7.32. The van der Waals surface area contributed by atoms with Gasteiger partial charge in [-0.1, -0.05) is 0 Å². The van der Waals surface area contributed by atoms with E-state index in [0.717, 1.165) is 49.7 Å². The number of aryl methyl sites for hydroxylation is 1. The molecule has 1 aliphatic heterocycles. The lowest BCUT2D eigenvalue weighted by molar-refractivity contribution is 0.0766. The molecule has 0 saturated carbocycles. The zero-order valence-corrected chi connectivity index (χ0v) is 13.8. The van der Waals surface area contributed by atoms with Crippen molar-refractivity contribution in [3.63, 3.8) is 0 Å². The first-order valence-corrected chi connectivity index (χ1v) is 8.93. The summed E-state index contributed by atoms with van der Waals surface area (Å²) in [6, 6.07) is 3.96. The molecule has 0 bridgehead atoms.